The van der Waals surface area contributed by atoms with Crippen LogP contribution in [0.25, 0.3) is 0 Å². The lowest BCUT2D eigenvalue weighted by Gasteiger charge is -2.16. The molecule has 2 amide bonds. The summed E-state index contributed by atoms with van der Waals surface area (Å²) in [6.07, 6.45) is 1.88. The van der Waals surface area contributed by atoms with E-state index in [-0.39, 0.29) is 18.6 Å². The highest BCUT2D eigenvalue weighted by Crippen LogP contribution is 2.22. The van der Waals surface area contributed by atoms with Crippen LogP contribution in [0.5, 0.6) is 0 Å². The second-order valence-electron chi connectivity index (χ2n) is 3.45. The number of amides is 2. The van der Waals surface area contributed by atoms with Gasteiger partial charge in [-0.05, 0) is 17.9 Å². The summed E-state index contributed by atoms with van der Waals surface area (Å²) >= 11 is 1.62. The Morgan fingerprint density at radius 3 is 3.00 bits per heavy atom. The van der Waals surface area contributed by atoms with Gasteiger partial charge in [-0.15, -0.1) is 11.3 Å². The third-order valence-electron chi connectivity index (χ3n) is 2.15. The molecule has 0 aliphatic heterocycles. The number of thiophene rings is 1. The van der Waals surface area contributed by atoms with E-state index in [4.69, 9.17) is 0 Å². The molecule has 3 nitrogen and oxygen atoms in total. The van der Waals surface area contributed by atoms with Gasteiger partial charge in [0.2, 0.25) is 0 Å². The summed E-state index contributed by atoms with van der Waals surface area (Å²) in [4.78, 5) is 12.5. The van der Waals surface area contributed by atoms with E-state index >= 15 is 0 Å². The maximum Gasteiger partial charge on any atom is 0.315 e. The normalized spacial score (nSPS) is 12.1. The van der Waals surface area contributed by atoms with Crippen LogP contribution < -0.4 is 10.6 Å². The molecule has 1 atom stereocenters. The van der Waals surface area contributed by atoms with Gasteiger partial charge in [-0.3, -0.25) is 0 Å². The maximum absolute atomic E-state index is 11.9. The first-order valence-electron chi connectivity index (χ1n) is 5.41. The highest BCUT2D eigenvalue weighted by atomic mass is 32.1. The Morgan fingerprint density at radius 1 is 1.62 bits per heavy atom. The number of carbonyl (C=O) groups is 1. The molecule has 0 bridgehead atoms. The zero-order chi connectivity index (χ0) is 11.8. The van der Waals surface area contributed by atoms with E-state index in [1.54, 1.807) is 11.3 Å². The van der Waals surface area contributed by atoms with Crippen molar-refractivity contribution in [3.8, 4) is 0 Å². The third kappa shape index (κ3) is 4.18. The van der Waals surface area contributed by atoms with Crippen LogP contribution in [-0.2, 0) is 0 Å². The average Bonchev–Trinajstić information content (AvgIpc) is 2.79. The number of nitrogens with one attached hydrogen (secondary N) is 2. The lowest BCUT2D eigenvalue weighted by atomic mass is 10.1. The van der Waals surface area contributed by atoms with Crippen LogP contribution in [-0.4, -0.2) is 19.3 Å². The highest BCUT2D eigenvalue weighted by Gasteiger charge is 2.13. The van der Waals surface area contributed by atoms with Crippen LogP contribution in [0.4, 0.5) is 9.18 Å². The Hall–Kier alpha value is -1.10. The number of urea groups is 1. The monoisotopic (exact) mass is 244 g/mol. The van der Waals surface area contributed by atoms with Crippen LogP contribution in [0.1, 0.15) is 30.7 Å². The summed E-state index contributed by atoms with van der Waals surface area (Å²) in [5.74, 6) is 0. The van der Waals surface area contributed by atoms with Crippen molar-refractivity contribution in [3.63, 3.8) is 0 Å². The molecule has 0 spiro atoms. The van der Waals surface area contributed by atoms with E-state index in [0.29, 0.717) is 0 Å². The van der Waals surface area contributed by atoms with Gasteiger partial charge < -0.3 is 10.6 Å². The molecule has 90 valence electrons. The molecule has 1 aromatic heterocycles. The van der Waals surface area contributed by atoms with Crippen molar-refractivity contribution in [1.29, 1.82) is 0 Å². The van der Waals surface area contributed by atoms with Gasteiger partial charge in [0, 0.05) is 11.4 Å². The van der Waals surface area contributed by atoms with E-state index in [1.807, 2.05) is 17.5 Å². The highest BCUT2D eigenvalue weighted by molar-refractivity contribution is 7.10. The molecule has 0 aliphatic carbocycles. The summed E-state index contributed by atoms with van der Waals surface area (Å²) in [5.41, 5.74) is 0. The molecule has 1 heterocycles. The minimum absolute atomic E-state index is 0.0320. The topological polar surface area (TPSA) is 41.1 Å². The fourth-order valence-corrected chi connectivity index (χ4v) is 2.25. The second kappa shape index (κ2) is 7.22. The van der Waals surface area contributed by atoms with Gasteiger partial charge in [-0.1, -0.05) is 19.4 Å². The molecule has 0 radical (unpaired) electrons. The molecular weight excluding hydrogens is 227 g/mol. The number of halogens is 1. The predicted octanol–water partition coefficient (Wildman–Crippen LogP) is 2.86. The van der Waals surface area contributed by atoms with Crippen LogP contribution in [0.15, 0.2) is 17.5 Å². The predicted molar refractivity (Wildman–Crippen MR) is 64.5 cm³/mol. The Morgan fingerprint density at radius 2 is 2.44 bits per heavy atom. The minimum atomic E-state index is -0.537. The Labute approximate surface area is 99.1 Å². The van der Waals surface area contributed by atoms with E-state index in [0.717, 1.165) is 17.7 Å². The fourth-order valence-electron chi connectivity index (χ4n) is 1.43. The quantitative estimate of drug-likeness (QED) is 0.793. The summed E-state index contributed by atoms with van der Waals surface area (Å²) in [6.45, 7) is 1.60. The summed E-state index contributed by atoms with van der Waals surface area (Å²) < 4.78 is 11.9. The molecule has 0 fully saturated rings. The number of alkyl halides is 1. The molecule has 0 aliphatic rings. The van der Waals surface area contributed by atoms with Gasteiger partial charge in [-0.2, -0.15) is 0 Å². The zero-order valence-corrected chi connectivity index (χ0v) is 10.1. The van der Waals surface area contributed by atoms with Gasteiger partial charge in [0.05, 0.1) is 6.04 Å². The lowest BCUT2D eigenvalue weighted by molar-refractivity contribution is 0.235. The number of carbonyl (C=O) groups excluding carboxylic acids is 1. The first-order chi connectivity index (χ1) is 7.77. The molecular formula is C11H17FN2OS. The summed E-state index contributed by atoms with van der Waals surface area (Å²) in [7, 11) is 0. The van der Waals surface area contributed by atoms with Gasteiger partial charge in [0.15, 0.2) is 0 Å². The smallest absolute Gasteiger partial charge is 0.315 e. The number of rotatable bonds is 6. The van der Waals surface area contributed by atoms with E-state index in [1.165, 1.54) is 0 Å². The van der Waals surface area contributed by atoms with Gasteiger partial charge in [0.25, 0.3) is 0 Å². The molecule has 1 rings (SSSR count). The van der Waals surface area contributed by atoms with Gasteiger partial charge in [-0.25, -0.2) is 9.18 Å². The maximum atomic E-state index is 11.9. The van der Waals surface area contributed by atoms with E-state index in [9.17, 15) is 9.18 Å². The average molecular weight is 244 g/mol. The van der Waals surface area contributed by atoms with E-state index < -0.39 is 6.67 Å². The van der Waals surface area contributed by atoms with Crippen LogP contribution in [0.3, 0.4) is 0 Å². The zero-order valence-electron chi connectivity index (χ0n) is 9.33. The first kappa shape index (κ1) is 13.0. The summed E-state index contributed by atoms with van der Waals surface area (Å²) in [6, 6.07) is 3.69. The van der Waals surface area contributed by atoms with Gasteiger partial charge in [0.1, 0.15) is 6.67 Å². The van der Waals surface area contributed by atoms with Crippen molar-refractivity contribution in [2.75, 3.05) is 13.2 Å². The van der Waals surface area contributed by atoms with Crippen LogP contribution >= 0.6 is 11.3 Å². The Kier molecular flexibility index (Phi) is 5.85. The minimum Gasteiger partial charge on any atom is -0.336 e. The molecule has 1 aromatic rings. The summed E-state index contributed by atoms with van der Waals surface area (Å²) in [5, 5.41) is 7.30. The van der Waals surface area contributed by atoms with Crippen molar-refractivity contribution >= 4 is 17.4 Å². The van der Waals surface area contributed by atoms with Crippen LogP contribution in [0.2, 0.25) is 0 Å². The number of hydrogen-bond acceptors (Lipinski definition) is 2. The van der Waals surface area contributed by atoms with Crippen molar-refractivity contribution < 1.29 is 9.18 Å². The van der Waals surface area contributed by atoms with Crippen molar-refractivity contribution in [2.24, 2.45) is 0 Å². The SMILES string of the molecule is CCCC(NC(=O)NCCF)c1cccs1. The van der Waals surface area contributed by atoms with Crippen molar-refractivity contribution in [3.05, 3.63) is 22.4 Å². The van der Waals surface area contributed by atoms with Crippen molar-refractivity contribution in [2.45, 2.75) is 25.8 Å². The van der Waals surface area contributed by atoms with Crippen molar-refractivity contribution in [1.82, 2.24) is 10.6 Å². The number of hydrogen-bond donors (Lipinski definition) is 2. The standard InChI is InChI=1S/C11H17FN2OS/c1-2-4-9(10-5-3-8-16-10)14-11(15)13-7-6-12/h3,5,8-9H,2,4,6-7H2,1H3,(H2,13,14,15). The molecule has 5 heteroatoms. The largest absolute Gasteiger partial charge is 0.336 e. The molecule has 2 N–H and O–H groups in total. The first-order valence-corrected chi connectivity index (χ1v) is 6.29. The van der Waals surface area contributed by atoms with E-state index in [2.05, 4.69) is 17.6 Å². The molecule has 1 unspecified atom stereocenters. The van der Waals surface area contributed by atoms with Crippen LogP contribution in [0, 0.1) is 0 Å². The third-order valence-corrected chi connectivity index (χ3v) is 3.14. The lowest BCUT2D eigenvalue weighted by Crippen LogP contribution is -2.38. The Bertz CT molecular complexity index is 303. The molecule has 0 saturated heterocycles. The molecule has 0 saturated carbocycles. The second-order valence-corrected chi connectivity index (χ2v) is 4.43. The molecule has 16 heavy (non-hydrogen) atoms. The van der Waals surface area contributed by atoms with Gasteiger partial charge >= 0.3 is 6.03 Å². The molecule has 0 aromatic carbocycles. The Balaban J connectivity index is 2.48. The fraction of sp³-hybridized carbons (Fsp3) is 0.545.